The highest BCUT2D eigenvalue weighted by Crippen LogP contribution is 2.20. The lowest BCUT2D eigenvalue weighted by molar-refractivity contribution is -0.118. The molecule has 24 heavy (non-hydrogen) atoms. The standard InChI is InChI=1S/C18H18FN3OS/c1-12-6-7-15-16(10-12)22-18(21-15)24-11-17(23)20-9-8-13-4-2-3-5-14(13)19/h2-7,10H,8-9,11H2,1H3,(H,20,23)(H,21,22). The van der Waals surface area contributed by atoms with Gasteiger partial charge in [-0.1, -0.05) is 36.0 Å². The molecule has 0 saturated carbocycles. The number of aromatic amines is 1. The molecule has 0 fully saturated rings. The molecule has 1 amide bonds. The molecule has 0 saturated heterocycles. The molecule has 2 N–H and O–H groups in total. The second kappa shape index (κ2) is 7.49. The maximum absolute atomic E-state index is 13.5. The molecule has 0 aliphatic rings. The van der Waals surface area contributed by atoms with Crippen LogP contribution in [0.1, 0.15) is 11.1 Å². The average molecular weight is 343 g/mol. The summed E-state index contributed by atoms with van der Waals surface area (Å²) in [5, 5.41) is 3.53. The first-order valence-electron chi connectivity index (χ1n) is 7.71. The van der Waals surface area contributed by atoms with Gasteiger partial charge in [0.15, 0.2) is 5.16 Å². The summed E-state index contributed by atoms with van der Waals surface area (Å²) in [6.45, 7) is 2.44. The number of hydrogen-bond donors (Lipinski definition) is 2. The van der Waals surface area contributed by atoms with Gasteiger partial charge in [0.1, 0.15) is 5.82 Å². The smallest absolute Gasteiger partial charge is 0.230 e. The van der Waals surface area contributed by atoms with Gasteiger partial charge in [0.2, 0.25) is 5.91 Å². The van der Waals surface area contributed by atoms with E-state index in [9.17, 15) is 9.18 Å². The van der Waals surface area contributed by atoms with Crippen LogP contribution < -0.4 is 5.32 Å². The predicted octanol–water partition coefficient (Wildman–Crippen LogP) is 3.46. The lowest BCUT2D eigenvalue weighted by Crippen LogP contribution is -2.27. The van der Waals surface area contributed by atoms with Gasteiger partial charge in [-0.3, -0.25) is 4.79 Å². The number of fused-ring (bicyclic) bond motifs is 1. The zero-order chi connectivity index (χ0) is 16.9. The number of carbonyl (C=O) groups is 1. The number of imidazole rings is 1. The van der Waals surface area contributed by atoms with Crippen LogP contribution in [-0.2, 0) is 11.2 Å². The molecular formula is C18H18FN3OS. The Balaban J connectivity index is 1.47. The average Bonchev–Trinajstić information content (AvgIpc) is 2.97. The third-order valence-corrected chi connectivity index (χ3v) is 4.50. The lowest BCUT2D eigenvalue weighted by Gasteiger charge is -2.05. The first kappa shape index (κ1) is 16.5. The van der Waals surface area contributed by atoms with Crippen LogP contribution in [-0.4, -0.2) is 28.2 Å². The van der Waals surface area contributed by atoms with Crippen molar-refractivity contribution < 1.29 is 9.18 Å². The highest BCUT2D eigenvalue weighted by molar-refractivity contribution is 7.99. The molecule has 2 aromatic carbocycles. The Bertz CT molecular complexity index is 862. The van der Waals surface area contributed by atoms with Crippen molar-refractivity contribution in [1.29, 1.82) is 0 Å². The van der Waals surface area contributed by atoms with Crippen molar-refractivity contribution >= 4 is 28.7 Å². The molecule has 0 radical (unpaired) electrons. The van der Waals surface area contributed by atoms with E-state index in [0.717, 1.165) is 21.8 Å². The van der Waals surface area contributed by atoms with E-state index < -0.39 is 0 Å². The van der Waals surface area contributed by atoms with E-state index in [2.05, 4.69) is 15.3 Å². The van der Waals surface area contributed by atoms with Gasteiger partial charge in [0.05, 0.1) is 16.8 Å². The van der Waals surface area contributed by atoms with Gasteiger partial charge in [-0.25, -0.2) is 9.37 Å². The van der Waals surface area contributed by atoms with E-state index in [1.165, 1.54) is 17.8 Å². The van der Waals surface area contributed by atoms with Gasteiger partial charge >= 0.3 is 0 Å². The number of aryl methyl sites for hydroxylation is 1. The lowest BCUT2D eigenvalue weighted by atomic mass is 10.1. The SMILES string of the molecule is Cc1ccc2nc(SCC(=O)NCCc3ccccc3F)[nH]c2c1. The minimum Gasteiger partial charge on any atom is -0.355 e. The first-order chi connectivity index (χ1) is 11.6. The van der Waals surface area contributed by atoms with Crippen LogP contribution in [0, 0.1) is 12.7 Å². The minimum absolute atomic E-state index is 0.0898. The molecule has 3 rings (SSSR count). The van der Waals surface area contributed by atoms with Crippen molar-refractivity contribution in [1.82, 2.24) is 15.3 Å². The summed E-state index contributed by atoms with van der Waals surface area (Å²) in [6.07, 6.45) is 0.479. The van der Waals surface area contributed by atoms with Crippen LogP contribution in [0.25, 0.3) is 11.0 Å². The maximum Gasteiger partial charge on any atom is 0.230 e. The van der Waals surface area contributed by atoms with Crippen LogP contribution in [0.4, 0.5) is 4.39 Å². The number of amides is 1. The van der Waals surface area contributed by atoms with E-state index in [1.54, 1.807) is 18.2 Å². The molecule has 3 aromatic rings. The van der Waals surface area contributed by atoms with E-state index in [4.69, 9.17) is 0 Å². The fraction of sp³-hybridized carbons (Fsp3) is 0.222. The second-order valence-electron chi connectivity index (χ2n) is 5.54. The molecule has 0 unspecified atom stereocenters. The summed E-state index contributed by atoms with van der Waals surface area (Å²) >= 11 is 1.36. The van der Waals surface area contributed by atoms with Gasteiger partial charge in [0.25, 0.3) is 0 Å². The number of carbonyl (C=O) groups excluding carboxylic acids is 1. The van der Waals surface area contributed by atoms with Crippen molar-refractivity contribution in [2.45, 2.75) is 18.5 Å². The van der Waals surface area contributed by atoms with Gasteiger partial charge in [-0.05, 0) is 42.7 Å². The molecule has 1 heterocycles. The molecule has 0 bridgehead atoms. The fourth-order valence-electron chi connectivity index (χ4n) is 2.39. The van der Waals surface area contributed by atoms with Crippen molar-refractivity contribution in [3.8, 4) is 0 Å². The highest BCUT2D eigenvalue weighted by atomic mass is 32.2. The Kier molecular flexibility index (Phi) is 5.15. The van der Waals surface area contributed by atoms with Gasteiger partial charge in [-0.15, -0.1) is 0 Å². The zero-order valence-corrected chi connectivity index (χ0v) is 14.1. The number of H-pyrrole nitrogens is 1. The van der Waals surface area contributed by atoms with E-state index >= 15 is 0 Å². The summed E-state index contributed by atoms with van der Waals surface area (Å²) in [4.78, 5) is 19.5. The summed E-state index contributed by atoms with van der Waals surface area (Å²) in [6, 6.07) is 12.6. The number of hydrogen-bond acceptors (Lipinski definition) is 3. The fourth-order valence-corrected chi connectivity index (χ4v) is 3.11. The highest BCUT2D eigenvalue weighted by Gasteiger charge is 2.07. The van der Waals surface area contributed by atoms with Gasteiger partial charge in [-0.2, -0.15) is 0 Å². The van der Waals surface area contributed by atoms with Crippen LogP contribution in [0.5, 0.6) is 0 Å². The van der Waals surface area contributed by atoms with E-state index in [-0.39, 0.29) is 17.5 Å². The summed E-state index contributed by atoms with van der Waals surface area (Å²) in [5.74, 6) is -0.0533. The van der Waals surface area contributed by atoms with E-state index in [0.29, 0.717) is 18.5 Å². The van der Waals surface area contributed by atoms with Crippen molar-refractivity contribution in [2.75, 3.05) is 12.3 Å². The van der Waals surface area contributed by atoms with Crippen LogP contribution in [0.2, 0.25) is 0 Å². The Hall–Kier alpha value is -2.34. The Morgan fingerprint density at radius 1 is 1.29 bits per heavy atom. The Labute approximate surface area is 143 Å². The number of halogens is 1. The van der Waals surface area contributed by atoms with Crippen molar-refractivity contribution in [2.24, 2.45) is 0 Å². The molecule has 0 aliphatic carbocycles. The molecule has 6 heteroatoms. The third kappa shape index (κ3) is 4.14. The van der Waals surface area contributed by atoms with E-state index in [1.807, 2.05) is 25.1 Å². The third-order valence-electron chi connectivity index (χ3n) is 3.63. The summed E-state index contributed by atoms with van der Waals surface area (Å²) in [7, 11) is 0. The maximum atomic E-state index is 13.5. The van der Waals surface area contributed by atoms with Gasteiger partial charge in [0, 0.05) is 6.54 Å². The van der Waals surface area contributed by atoms with Crippen LogP contribution in [0.3, 0.4) is 0 Å². The number of nitrogens with one attached hydrogen (secondary N) is 2. The van der Waals surface area contributed by atoms with Gasteiger partial charge < -0.3 is 10.3 Å². The second-order valence-corrected chi connectivity index (χ2v) is 6.51. The Morgan fingerprint density at radius 3 is 2.96 bits per heavy atom. The van der Waals surface area contributed by atoms with Crippen LogP contribution in [0.15, 0.2) is 47.6 Å². The monoisotopic (exact) mass is 343 g/mol. The topological polar surface area (TPSA) is 57.8 Å². The molecule has 4 nitrogen and oxygen atoms in total. The quantitative estimate of drug-likeness (QED) is 0.674. The number of nitrogens with zero attached hydrogens (tertiary/aromatic N) is 1. The number of thioether (sulfide) groups is 1. The van der Waals surface area contributed by atoms with Crippen molar-refractivity contribution in [3.05, 3.63) is 59.4 Å². The molecule has 124 valence electrons. The van der Waals surface area contributed by atoms with Crippen LogP contribution >= 0.6 is 11.8 Å². The normalized spacial score (nSPS) is 10.9. The zero-order valence-electron chi connectivity index (χ0n) is 13.3. The summed E-state index contributed by atoms with van der Waals surface area (Å²) in [5.41, 5.74) is 3.63. The molecule has 0 aliphatic heterocycles. The molecule has 1 aromatic heterocycles. The Morgan fingerprint density at radius 2 is 2.12 bits per heavy atom. The molecule has 0 spiro atoms. The first-order valence-corrected chi connectivity index (χ1v) is 8.69. The molecule has 0 atom stereocenters. The number of rotatable bonds is 6. The minimum atomic E-state index is -0.237. The largest absolute Gasteiger partial charge is 0.355 e. The number of benzene rings is 2. The molecular weight excluding hydrogens is 325 g/mol. The number of aromatic nitrogens is 2. The predicted molar refractivity (Wildman–Crippen MR) is 94.7 cm³/mol. The summed E-state index contributed by atoms with van der Waals surface area (Å²) < 4.78 is 13.5. The van der Waals surface area contributed by atoms with Crippen molar-refractivity contribution in [3.63, 3.8) is 0 Å².